The summed E-state index contributed by atoms with van der Waals surface area (Å²) in [4.78, 5) is 4.28. The molecule has 0 bridgehead atoms. The number of piperazine rings is 1. The van der Waals surface area contributed by atoms with Gasteiger partial charge in [0.05, 0.1) is 38.1 Å². The zero-order valence-electron chi connectivity index (χ0n) is 13.2. The molecule has 0 radical (unpaired) electrons. The minimum atomic E-state index is -3.40. The number of sulfonamides is 1. The van der Waals surface area contributed by atoms with E-state index in [1.165, 1.54) is 17.0 Å². The van der Waals surface area contributed by atoms with Crippen LogP contribution >= 0.6 is 11.3 Å². The van der Waals surface area contributed by atoms with Crippen LogP contribution in [0.3, 0.4) is 0 Å². The molecule has 7 heteroatoms. The lowest BCUT2D eigenvalue weighted by Gasteiger charge is -2.31. The Bertz CT molecular complexity index is 719. The van der Waals surface area contributed by atoms with Crippen LogP contribution in [0, 0.1) is 0 Å². The Morgan fingerprint density at radius 3 is 2.48 bits per heavy atom. The van der Waals surface area contributed by atoms with Crippen LogP contribution in [0.1, 0.15) is 5.56 Å². The van der Waals surface area contributed by atoms with Crippen LogP contribution in [0.2, 0.25) is 0 Å². The standard InChI is InChI=1S/C16H21N3O2S2/c1-18-7-9-19(10-8-18)15-4-2-14(3-5-15)12-17-23(20,21)16-6-11-22-13-16/h2-6,11,13,17H,7-10,12H2,1H3/p+1. The molecule has 0 spiro atoms. The van der Waals surface area contributed by atoms with E-state index in [2.05, 4.69) is 28.8 Å². The molecule has 1 aliphatic heterocycles. The van der Waals surface area contributed by atoms with Gasteiger partial charge in [-0.05, 0) is 29.1 Å². The second-order valence-electron chi connectivity index (χ2n) is 5.89. The van der Waals surface area contributed by atoms with E-state index in [0.29, 0.717) is 11.4 Å². The number of benzene rings is 1. The van der Waals surface area contributed by atoms with E-state index in [1.54, 1.807) is 21.7 Å². The van der Waals surface area contributed by atoms with Gasteiger partial charge in [-0.3, -0.25) is 0 Å². The zero-order chi connectivity index (χ0) is 16.3. The Labute approximate surface area is 141 Å². The van der Waals surface area contributed by atoms with Gasteiger partial charge in [-0.2, -0.15) is 11.3 Å². The Kier molecular flexibility index (Phi) is 5.01. The first kappa shape index (κ1) is 16.4. The van der Waals surface area contributed by atoms with Crippen LogP contribution in [0.15, 0.2) is 46.0 Å². The van der Waals surface area contributed by atoms with Gasteiger partial charge in [0, 0.05) is 17.6 Å². The molecule has 2 heterocycles. The van der Waals surface area contributed by atoms with E-state index in [4.69, 9.17) is 0 Å². The topological polar surface area (TPSA) is 53.9 Å². The second-order valence-corrected chi connectivity index (χ2v) is 8.44. The molecule has 124 valence electrons. The zero-order valence-corrected chi connectivity index (χ0v) is 14.8. The van der Waals surface area contributed by atoms with Gasteiger partial charge in [0.1, 0.15) is 0 Å². The minimum Gasteiger partial charge on any atom is -0.360 e. The Morgan fingerprint density at radius 2 is 1.87 bits per heavy atom. The Balaban J connectivity index is 1.60. The summed E-state index contributed by atoms with van der Waals surface area (Å²) in [6.45, 7) is 4.75. The van der Waals surface area contributed by atoms with Crippen molar-refractivity contribution in [2.45, 2.75) is 11.4 Å². The molecule has 0 amide bonds. The van der Waals surface area contributed by atoms with Crippen LogP contribution in [0.4, 0.5) is 5.69 Å². The van der Waals surface area contributed by atoms with E-state index < -0.39 is 10.0 Å². The van der Waals surface area contributed by atoms with Gasteiger partial charge >= 0.3 is 0 Å². The number of quaternary nitrogens is 1. The lowest BCUT2D eigenvalue weighted by molar-refractivity contribution is -0.880. The molecule has 1 saturated heterocycles. The van der Waals surface area contributed by atoms with Gasteiger partial charge in [-0.15, -0.1) is 0 Å². The number of hydrogen-bond donors (Lipinski definition) is 2. The molecule has 1 aromatic carbocycles. The molecule has 0 saturated carbocycles. The third kappa shape index (κ3) is 4.11. The van der Waals surface area contributed by atoms with Crippen molar-refractivity contribution < 1.29 is 13.3 Å². The summed E-state index contributed by atoms with van der Waals surface area (Å²) < 4.78 is 26.8. The van der Waals surface area contributed by atoms with E-state index in [1.807, 2.05) is 12.1 Å². The SMILES string of the molecule is C[NH+]1CCN(c2ccc(CNS(=O)(=O)c3ccsc3)cc2)CC1. The van der Waals surface area contributed by atoms with Crippen molar-refractivity contribution in [2.75, 3.05) is 38.1 Å². The van der Waals surface area contributed by atoms with Crippen LogP contribution in [0.25, 0.3) is 0 Å². The molecule has 3 rings (SSSR count). The summed E-state index contributed by atoms with van der Waals surface area (Å²) in [5.74, 6) is 0. The quantitative estimate of drug-likeness (QED) is 0.827. The van der Waals surface area contributed by atoms with Crippen molar-refractivity contribution in [2.24, 2.45) is 0 Å². The average Bonchev–Trinajstić information content (AvgIpc) is 3.10. The monoisotopic (exact) mass is 352 g/mol. The third-order valence-electron chi connectivity index (χ3n) is 4.19. The lowest BCUT2D eigenvalue weighted by atomic mass is 10.2. The number of likely N-dealkylation sites (N-methyl/N-ethyl adjacent to an activating group) is 1. The smallest absolute Gasteiger partial charge is 0.241 e. The summed E-state index contributed by atoms with van der Waals surface area (Å²) in [6.07, 6.45) is 0. The maximum absolute atomic E-state index is 12.1. The fourth-order valence-electron chi connectivity index (χ4n) is 2.64. The minimum absolute atomic E-state index is 0.311. The molecule has 0 aliphatic carbocycles. The summed E-state index contributed by atoms with van der Waals surface area (Å²) in [6, 6.07) is 9.77. The number of nitrogens with one attached hydrogen (secondary N) is 2. The van der Waals surface area contributed by atoms with E-state index in [0.717, 1.165) is 31.7 Å². The molecule has 0 unspecified atom stereocenters. The Morgan fingerprint density at radius 1 is 1.17 bits per heavy atom. The van der Waals surface area contributed by atoms with Crippen molar-refractivity contribution in [1.82, 2.24) is 4.72 Å². The lowest BCUT2D eigenvalue weighted by Crippen LogP contribution is -3.12. The van der Waals surface area contributed by atoms with E-state index in [-0.39, 0.29) is 0 Å². The van der Waals surface area contributed by atoms with Gasteiger partial charge in [-0.25, -0.2) is 13.1 Å². The molecule has 2 N–H and O–H groups in total. The number of nitrogens with zero attached hydrogens (tertiary/aromatic N) is 1. The third-order valence-corrected chi connectivity index (χ3v) is 6.42. The second kappa shape index (κ2) is 7.00. The van der Waals surface area contributed by atoms with Gasteiger partial charge < -0.3 is 9.80 Å². The molecule has 1 aliphatic rings. The molecule has 1 aromatic heterocycles. The molecule has 1 fully saturated rings. The van der Waals surface area contributed by atoms with Gasteiger partial charge in [0.2, 0.25) is 10.0 Å². The van der Waals surface area contributed by atoms with Crippen molar-refractivity contribution in [3.63, 3.8) is 0 Å². The van der Waals surface area contributed by atoms with Crippen LogP contribution in [0.5, 0.6) is 0 Å². The summed E-state index contributed by atoms with van der Waals surface area (Å²) in [5.41, 5.74) is 2.18. The van der Waals surface area contributed by atoms with Crippen molar-refractivity contribution in [3.8, 4) is 0 Å². The van der Waals surface area contributed by atoms with Crippen LogP contribution in [-0.2, 0) is 16.6 Å². The van der Waals surface area contributed by atoms with Crippen molar-refractivity contribution in [1.29, 1.82) is 0 Å². The predicted molar refractivity (Wildman–Crippen MR) is 93.6 cm³/mol. The van der Waals surface area contributed by atoms with E-state index >= 15 is 0 Å². The highest BCUT2D eigenvalue weighted by atomic mass is 32.2. The molecule has 23 heavy (non-hydrogen) atoms. The molecular formula is C16H22N3O2S2+. The number of rotatable bonds is 5. The first-order valence-electron chi connectivity index (χ1n) is 7.72. The fraction of sp³-hybridized carbons (Fsp3) is 0.375. The summed E-state index contributed by atoms with van der Waals surface area (Å²) in [5, 5.41) is 3.40. The van der Waals surface area contributed by atoms with Crippen LogP contribution in [-0.4, -0.2) is 41.6 Å². The predicted octanol–water partition coefficient (Wildman–Crippen LogP) is 0.561. The Hall–Kier alpha value is -1.41. The fourth-order valence-corrected chi connectivity index (χ4v) is 4.68. The van der Waals surface area contributed by atoms with Gasteiger partial charge in [-0.1, -0.05) is 12.1 Å². The molecule has 2 aromatic rings. The normalized spacial score (nSPS) is 16.7. The number of thiophene rings is 1. The molecular weight excluding hydrogens is 330 g/mol. The molecule has 0 atom stereocenters. The molecule has 5 nitrogen and oxygen atoms in total. The number of hydrogen-bond acceptors (Lipinski definition) is 4. The van der Waals surface area contributed by atoms with Crippen molar-refractivity contribution in [3.05, 3.63) is 46.7 Å². The summed E-state index contributed by atoms with van der Waals surface area (Å²) in [7, 11) is -1.18. The first-order chi connectivity index (χ1) is 11.0. The highest BCUT2D eigenvalue weighted by molar-refractivity contribution is 7.89. The highest BCUT2D eigenvalue weighted by Crippen LogP contribution is 2.17. The highest BCUT2D eigenvalue weighted by Gasteiger charge is 2.17. The summed E-state index contributed by atoms with van der Waals surface area (Å²) >= 11 is 1.38. The van der Waals surface area contributed by atoms with Crippen LogP contribution < -0.4 is 14.5 Å². The van der Waals surface area contributed by atoms with Gasteiger partial charge in [0.15, 0.2) is 0 Å². The average molecular weight is 353 g/mol. The maximum Gasteiger partial charge on any atom is 0.241 e. The van der Waals surface area contributed by atoms with Crippen molar-refractivity contribution >= 4 is 27.0 Å². The largest absolute Gasteiger partial charge is 0.360 e. The number of anilines is 1. The maximum atomic E-state index is 12.1. The first-order valence-corrected chi connectivity index (χ1v) is 10.1. The van der Waals surface area contributed by atoms with Gasteiger partial charge in [0.25, 0.3) is 0 Å². The van der Waals surface area contributed by atoms with E-state index in [9.17, 15) is 8.42 Å².